The number of hydrogen-bond donors (Lipinski definition) is 0. The quantitative estimate of drug-likeness (QED) is 0.300. The zero-order valence-electron chi connectivity index (χ0n) is 23.1. The van der Waals surface area contributed by atoms with Crippen molar-refractivity contribution >= 4 is 40.5 Å². The van der Waals surface area contributed by atoms with E-state index in [4.69, 9.17) is 16.3 Å². The topological polar surface area (TPSA) is 45.7 Å². The molecule has 2 bridgehead atoms. The van der Waals surface area contributed by atoms with Gasteiger partial charge < -0.3 is 14.5 Å². The van der Waals surface area contributed by atoms with Crippen molar-refractivity contribution in [3.05, 3.63) is 76.9 Å². The number of esters is 1. The smallest absolute Gasteiger partial charge is 0.341 e. The number of hydrogen-bond acceptors (Lipinski definition) is 5. The van der Waals surface area contributed by atoms with E-state index in [1.807, 2.05) is 31.1 Å². The summed E-state index contributed by atoms with van der Waals surface area (Å²) in [5.41, 5.74) is 4.93. The summed E-state index contributed by atoms with van der Waals surface area (Å²) >= 11 is 6.92. The number of rotatable bonds is 6. The van der Waals surface area contributed by atoms with Crippen molar-refractivity contribution < 1.29 is 9.53 Å². The largest absolute Gasteiger partial charge is 0.465 e. The molecule has 2 atom stereocenters. The summed E-state index contributed by atoms with van der Waals surface area (Å²) in [5, 5.41) is 0.785. The van der Waals surface area contributed by atoms with Crippen molar-refractivity contribution in [1.29, 1.82) is 0 Å². The van der Waals surface area contributed by atoms with E-state index in [1.54, 1.807) is 18.3 Å². The molecule has 2 aliphatic carbocycles. The molecule has 2 unspecified atom stereocenters. The van der Waals surface area contributed by atoms with Gasteiger partial charge >= 0.3 is 5.97 Å². The molecule has 0 spiro atoms. The minimum Gasteiger partial charge on any atom is -0.465 e. The minimum atomic E-state index is -0.408. The Morgan fingerprint density at radius 2 is 1.61 bits per heavy atom. The van der Waals surface area contributed by atoms with Crippen LogP contribution in [0.3, 0.4) is 0 Å². The van der Waals surface area contributed by atoms with Crippen LogP contribution >= 0.6 is 11.6 Å². The Hall–Kier alpha value is -3.05. The summed E-state index contributed by atoms with van der Waals surface area (Å²) in [7, 11) is 5.31. The number of methoxy groups -OCH3 is 1. The van der Waals surface area contributed by atoms with E-state index in [0.717, 1.165) is 39.8 Å². The summed E-state index contributed by atoms with van der Waals surface area (Å²) in [5.74, 6) is 2.70. The molecule has 0 radical (unpaired) electrons. The summed E-state index contributed by atoms with van der Waals surface area (Å²) in [6, 6.07) is 18.3. The van der Waals surface area contributed by atoms with Gasteiger partial charge in [0.25, 0.3) is 0 Å². The molecule has 0 aliphatic heterocycles. The molecule has 0 saturated heterocycles. The molecule has 0 amide bonds. The van der Waals surface area contributed by atoms with Crippen LogP contribution in [0.2, 0.25) is 5.02 Å². The molecule has 1 aromatic heterocycles. The van der Waals surface area contributed by atoms with Gasteiger partial charge in [-0.3, -0.25) is 0 Å². The van der Waals surface area contributed by atoms with Crippen molar-refractivity contribution in [2.24, 2.45) is 17.8 Å². The van der Waals surface area contributed by atoms with E-state index in [9.17, 15) is 4.79 Å². The fourth-order valence-corrected chi connectivity index (χ4v) is 7.38. The van der Waals surface area contributed by atoms with Gasteiger partial charge in [-0.25, -0.2) is 9.78 Å². The Morgan fingerprint density at radius 1 is 0.974 bits per heavy atom. The van der Waals surface area contributed by atoms with Gasteiger partial charge in [-0.1, -0.05) is 31.5 Å². The van der Waals surface area contributed by atoms with Gasteiger partial charge in [-0.05, 0) is 109 Å². The van der Waals surface area contributed by atoms with Crippen molar-refractivity contribution in [3.63, 3.8) is 0 Å². The maximum Gasteiger partial charge on any atom is 0.341 e. The van der Waals surface area contributed by atoms with Gasteiger partial charge in [-0.2, -0.15) is 0 Å². The van der Waals surface area contributed by atoms with E-state index < -0.39 is 5.97 Å². The molecule has 2 aliphatic rings. The van der Waals surface area contributed by atoms with Crippen molar-refractivity contribution in [2.75, 3.05) is 31.0 Å². The first-order valence-corrected chi connectivity index (χ1v) is 14.0. The molecule has 2 aromatic carbocycles. The molecule has 2 saturated carbocycles. The lowest BCUT2D eigenvalue weighted by molar-refractivity contribution is 0.0601. The van der Waals surface area contributed by atoms with E-state index in [1.165, 1.54) is 44.8 Å². The highest BCUT2D eigenvalue weighted by Gasteiger charge is 2.42. The Morgan fingerprint density at radius 3 is 2.21 bits per heavy atom. The predicted molar refractivity (Wildman–Crippen MR) is 156 cm³/mol. The van der Waals surface area contributed by atoms with Gasteiger partial charge in [0.1, 0.15) is 11.4 Å². The summed E-state index contributed by atoms with van der Waals surface area (Å²) in [4.78, 5) is 20.6. The number of anilines is 4. The third kappa shape index (κ3) is 5.13. The Balaban J connectivity index is 1.34. The second-order valence-corrected chi connectivity index (χ2v) is 12.1. The third-order valence-corrected chi connectivity index (χ3v) is 9.06. The monoisotopic (exact) mass is 531 g/mol. The molecule has 5 nitrogen and oxygen atoms in total. The van der Waals surface area contributed by atoms with Crippen LogP contribution in [0.4, 0.5) is 22.9 Å². The highest BCUT2D eigenvalue weighted by Crippen LogP contribution is 2.52. The normalized spacial score (nSPS) is 24.5. The average Bonchev–Trinajstić information content (AvgIpc) is 2.91. The zero-order valence-corrected chi connectivity index (χ0v) is 23.8. The number of aromatic nitrogens is 1. The lowest BCUT2D eigenvalue weighted by atomic mass is 9.57. The highest BCUT2D eigenvalue weighted by atomic mass is 35.5. The molecule has 200 valence electrons. The van der Waals surface area contributed by atoms with Crippen LogP contribution in [0, 0.1) is 17.8 Å². The van der Waals surface area contributed by atoms with E-state index in [-0.39, 0.29) is 5.41 Å². The average molecular weight is 532 g/mol. The number of nitrogens with zero attached hydrogens (tertiary/aromatic N) is 3. The van der Waals surface area contributed by atoms with Crippen LogP contribution in [0.5, 0.6) is 0 Å². The second kappa shape index (κ2) is 10.6. The lowest BCUT2D eigenvalue weighted by Crippen LogP contribution is -2.38. The first-order valence-electron chi connectivity index (χ1n) is 13.6. The first kappa shape index (κ1) is 26.6. The highest BCUT2D eigenvalue weighted by molar-refractivity contribution is 6.33. The molecule has 2 fully saturated rings. The fourth-order valence-electron chi connectivity index (χ4n) is 7.07. The maximum absolute atomic E-state index is 12.2. The van der Waals surface area contributed by atoms with E-state index >= 15 is 0 Å². The Labute approximate surface area is 231 Å². The van der Waals surface area contributed by atoms with Crippen LogP contribution in [0.25, 0.3) is 0 Å². The van der Waals surface area contributed by atoms with Crippen molar-refractivity contribution in [1.82, 2.24) is 4.98 Å². The number of benzene rings is 2. The molecule has 38 heavy (non-hydrogen) atoms. The van der Waals surface area contributed by atoms with Crippen LogP contribution in [-0.4, -0.2) is 32.2 Å². The second-order valence-electron chi connectivity index (χ2n) is 11.7. The molecule has 1 heterocycles. The number of halogens is 1. The lowest BCUT2D eigenvalue weighted by Gasteiger charge is -2.47. The van der Waals surface area contributed by atoms with E-state index in [2.05, 4.69) is 54.1 Å². The van der Waals surface area contributed by atoms with Gasteiger partial charge in [0.2, 0.25) is 0 Å². The summed E-state index contributed by atoms with van der Waals surface area (Å²) in [6.45, 7) is 4.87. The number of carbonyl (C=O) groups is 1. The number of pyridine rings is 1. The Kier molecular flexibility index (Phi) is 7.41. The standard InChI is InChI=1S/C32H38ClN3O2/c1-21-15-22-17-23(16-21)20-32(2,19-22)24-8-13-29(28(33)18-24)35(3)25-9-11-26(12-10-25)36(4)30-27(31(37)38-5)7-6-14-34-30/h6-14,18,21-23H,15-17,19-20H2,1-5H3. The van der Waals surface area contributed by atoms with Crippen LogP contribution in [0.1, 0.15) is 61.9 Å². The molecule has 3 aromatic rings. The van der Waals surface area contributed by atoms with Gasteiger partial charge in [-0.15, -0.1) is 0 Å². The fraction of sp³-hybridized carbons (Fsp3) is 0.438. The van der Waals surface area contributed by atoms with Crippen molar-refractivity contribution in [3.8, 4) is 0 Å². The SMILES string of the molecule is COC(=O)c1cccnc1N(C)c1ccc(N(C)c2ccc(C3(C)CC4CC(C)CC(C4)C3)cc2Cl)cc1. The number of ether oxygens (including phenoxy) is 1. The van der Waals surface area contributed by atoms with Crippen molar-refractivity contribution in [2.45, 2.75) is 51.4 Å². The molecular weight excluding hydrogens is 494 g/mol. The van der Waals surface area contributed by atoms with E-state index in [0.29, 0.717) is 11.4 Å². The van der Waals surface area contributed by atoms with Gasteiger partial charge in [0.05, 0.1) is 17.8 Å². The molecule has 0 N–H and O–H groups in total. The van der Waals surface area contributed by atoms with Crippen LogP contribution in [-0.2, 0) is 10.2 Å². The first-order chi connectivity index (χ1) is 18.2. The minimum absolute atomic E-state index is 0.204. The molecule has 6 heteroatoms. The molecule has 5 rings (SSSR count). The summed E-state index contributed by atoms with van der Waals surface area (Å²) < 4.78 is 4.93. The van der Waals surface area contributed by atoms with Crippen LogP contribution < -0.4 is 9.80 Å². The third-order valence-electron chi connectivity index (χ3n) is 8.76. The number of fused-ring (bicyclic) bond motifs is 2. The Bertz CT molecular complexity index is 1290. The van der Waals surface area contributed by atoms with Gasteiger partial charge in [0, 0.05) is 31.7 Å². The van der Waals surface area contributed by atoms with Gasteiger partial charge in [0.15, 0.2) is 0 Å². The van der Waals surface area contributed by atoms with Crippen LogP contribution in [0.15, 0.2) is 60.8 Å². The summed E-state index contributed by atoms with van der Waals surface area (Å²) in [6.07, 6.45) is 8.35. The zero-order chi connectivity index (χ0) is 27.0. The maximum atomic E-state index is 12.2. The number of carbonyl (C=O) groups excluding carboxylic acids is 1. The predicted octanol–water partition coefficient (Wildman–Crippen LogP) is 8.16. The molecular formula is C32H38ClN3O2.